The molecule has 0 saturated heterocycles. The van der Waals surface area contributed by atoms with Crippen molar-refractivity contribution in [1.29, 1.82) is 0 Å². The second-order valence-electron chi connectivity index (χ2n) is 7.86. The Labute approximate surface area is 195 Å². The Morgan fingerprint density at radius 2 is 2.00 bits per heavy atom. The Morgan fingerprint density at radius 3 is 2.82 bits per heavy atom. The Morgan fingerprint density at radius 1 is 1.15 bits per heavy atom. The number of benzene rings is 2. The van der Waals surface area contributed by atoms with Crippen LogP contribution in [0.25, 0.3) is 0 Å². The number of ether oxygens (including phenoxy) is 3. The van der Waals surface area contributed by atoms with E-state index in [4.69, 9.17) is 14.2 Å². The van der Waals surface area contributed by atoms with E-state index in [0.717, 1.165) is 24.8 Å². The van der Waals surface area contributed by atoms with Crippen molar-refractivity contribution in [3.05, 3.63) is 48.0 Å². The number of fused-ring (bicyclic) bond motifs is 1. The lowest BCUT2D eigenvalue weighted by Crippen LogP contribution is -2.41. The Bertz CT molecular complexity index is 934. The van der Waals surface area contributed by atoms with E-state index in [1.807, 2.05) is 37.3 Å². The predicted molar refractivity (Wildman–Crippen MR) is 127 cm³/mol. The van der Waals surface area contributed by atoms with Crippen molar-refractivity contribution in [3.63, 3.8) is 0 Å². The van der Waals surface area contributed by atoms with E-state index in [1.165, 1.54) is 0 Å². The number of carbonyl (C=O) groups excluding carboxylic acids is 2. The summed E-state index contributed by atoms with van der Waals surface area (Å²) in [5.41, 5.74) is 1.51. The summed E-state index contributed by atoms with van der Waals surface area (Å²) in [5, 5.41) is 5.83. The fourth-order valence-electron chi connectivity index (χ4n) is 3.70. The smallest absolute Gasteiger partial charge is 0.238 e. The molecule has 0 spiro atoms. The maximum atomic E-state index is 12.8. The average molecular weight is 456 g/mol. The molecule has 0 bridgehead atoms. The first-order chi connectivity index (χ1) is 16.1. The Balaban J connectivity index is 1.80. The lowest BCUT2D eigenvalue weighted by molar-refractivity contribution is -0.123. The van der Waals surface area contributed by atoms with Gasteiger partial charge in [-0.2, -0.15) is 0 Å². The van der Waals surface area contributed by atoms with Crippen LogP contribution >= 0.6 is 0 Å². The van der Waals surface area contributed by atoms with Gasteiger partial charge in [0, 0.05) is 30.4 Å². The number of nitrogens with one attached hydrogen (secondary N) is 2. The minimum atomic E-state index is -0.219. The third-order valence-corrected chi connectivity index (χ3v) is 5.23. The van der Waals surface area contributed by atoms with Gasteiger partial charge in [-0.25, -0.2) is 0 Å². The number of methoxy groups -OCH3 is 1. The first-order valence-corrected chi connectivity index (χ1v) is 11.4. The van der Waals surface area contributed by atoms with Gasteiger partial charge in [-0.05, 0) is 44.4 Å². The molecule has 2 amide bonds. The molecule has 1 aliphatic heterocycles. The molecule has 2 aromatic rings. The highest BCUT2D eigenvalue weighted by Crippen LogP contribution is 2.32. The maximum absolute atomic E-state index is 12.8. The van der Waals surface area contributed by atoms with Crippen LogP contribution in [0.3, 0.4) is 0 Å². The molecule has 0 saturated carbocycles. The van der Waals surface area contributed by atoms with Gasteiger partial charge in [-0.1, -0.05) is 18.2 Å². The molecule has 178 valence electrons. The van der Waals surface area contributed by atoms with Crippen molar-refractivity contribution in [2.24, 2.45) is 0 Å². The van der Waals surface area contributed by atoms with E-state index in [1.54, 1.807) is 24.1 Å². The van der Waals surface area contributed by atoms with Gasteiger partial charge in [0.05, 0.1) is 33.4 Å². The quantitative estimate of drug-likeness (QED) is 0.695. The zero-order valence-electron chi connectivity index (χ0n) is 19.4. The van der Waals surface area contributed by atoms with Crippen molar-refractivity contribution >= 4 is 17.5 Å². The van der Waals surface area contributed by atoms with Gasteiger partial charge in [-0.3, -0.25) is 14.5 Å². The largest absolute Gasteiger partial charge is 0.497 e. The molecule has 0 unspecified atom stereocenters. The summed E-state index contributed by atoms with van der Waals surface area (Å²) in [5.74, 6) is 1.69. The summed E-state index contributed by atoms with van der Waals surface area (Å²) in [6.45, 7) is 4.15. The molecule has 0 aliphatic carbocycles. The van der Waals surface area contributed by atoms with Crippen LogP contribution in [0.5, 0.6) is 17.2 Å². The molecule has 8 nitrogen and oxygen atoms in total. The number of anilines is 1. The molecule has 0 radical (unpaired) electrons. The number of nitrogens with zero attached hydrogens (tertiary/aromatic N) is 1. The first kappa shape index (κ1) is 24.4. The van der Waals surface area contributed by atoms with E-state index in [0.29, 0.717) is 49.2 Å². The van der Waals surface area contributed by atoms with Crippen molar-refractivity contribution in [1.82, 2.24) is 10.2 Å². The van der Waals surface area contributed by atoms with Crippen LogP contribution in [0.1, 0.15) is 31.7 Å². The summed E-state index contributed by atoms with van der Waals surface area (Å²) in [6, 6.07) is 12.9. The van der Waals surface area contributed by atoms with E-state index in [9.17, 15) is 9.59 Å². The molecular weight excluding hydrogens is 422 g/mol. The lowest BCUT2D eigenvalue weighted by Gasteiger charge is -2.23. The molecule has 0 aromatic heterocycles. The maximum Gasteiger partial charge on any atom is 0.238 e. The predicted octanol–water partition coefficient (Wildman–Crippen LogP) is 3.21. The topological polar surface area (TPSA) is 89.1 Å². The summed E-state index contributed by atoms with van der Waals surface area (Å²) in [6.07, 6.45) is 2.73. The van der Waals surface area contributed by atoms with Gasteiger partial charge in [-0.15, -0.1) is 0 Å². The van der Waals surface area contributed by atoms with Gasteiger partial charge in [0.15, 0.2) is 11.5 Å². The summed E-state index contributed by atoms with van der Waals surface area (Å²) in [4.78, 5) is 27.2. The van der Waals surface area contributed by atoms with Gasteiger partial charge in [0.2, 0.25) is 11.8 Å². The van der Waals surface area contributed by atoms with Crippen LogP contribution in [0.2, 0.25) is 0 Å². The van der Waals surface area contributed by atoms with E-state index < -0.39 is 0 Å². The molecule has 33 heavy (non-hydrogen) atoms. The lowest BCUT2D eigenvalue weighted by atomic mass is 10.1. The van der Waals surface area contributed by atoms with Crippen molar-refractivity contribution < 1.29 is 23.8 Å². The molecule has 2 N–H and O–H groups in total. The number of para-hydroxylation sites is 1. The molecular formula is C25H33N3O5. The highest BCUT2D eigenvalue weighted by Gasteiger charge is 2.20. The van der Waals surface area contributed by atoms with Crippen molar-refractivity contribution in [2.45, 2.75) is 32.7 Å². The van der Waals surface area contributed by atoms with Crippen LogP contribution in [0, 0.1) is 0 Å². The minimum absolute atomic E-state index is 0.0446. The van der Waals surface area contributed by atoms with Crippen molar-refractivity contribution in [2.75, 3.05) is 45.3 Å². The number of amides is 2. The van der Waals surface area contributed by atoms with Crippen LogP contribution in [0.15, 0.2) is 42.5 Å². The summed E-state index contributed by atoms with van der Waals surface area (Å²) in [7, 11) is 1.58. The molecule has 1 heterocycles. The zero-order chi connectivity index (χ0) is 23.5. The second-order valence-corrected chi connectivity index (χ2v) is 7.86. The number of hydrogen-bond acceptors (Lipinski definition) is 6. The standard InChI is InChI=1S/C25H33N3O5/c1-3-32-22-12-7-9-19-16-28(17-23(29)26-13-5-4-6-14-33-25(19)22)18-24(30)27-20-10-8-11-21(15-20)31-2/h7-12,15H,3-6,13-14,16-18H2,1-2H3,(H,26,29)(H,27,30). The molecule has 1 aliphatic rings. The van der Waals surface area contributed by atoms with Gasteiger partial charge in [0.25, 0.3) is 0 Å². The Hall–Kier alpha value is -3.26. The fourth-order valence-corrected chi connectivity index (χ4v) is 3.70. The van der Waals surface area contributed by atoms with E-state index in [-0.39, 0.29) is 24.9 Å². The minimum Gasteiger partial charge on any atom is -0.497 e. The summed E-state index contributed by atoms with van der Waals surface area (Å²) >= 11 is 0. The number of hydrogen-bond donors (Lipinski definition) is 2. The molecule has 0 atom stereocenters. The number of rotatable bonds is 6. The third kappa shape index (κ3) is 7.68. The zero-order valence-corrected chi connectivity index (χ0v) is 19.4. The number of carbonyl (C=O) groups is 2. The molecule has 2 aromatic carbocycles. The molecule has 8 heteroatoms. The summed E-state index contributed by atoms with van der Waals surface area (Å²) < 4.78 is 17.1. The van der Waals surface area contributed by atoms with Crippen LogP contribution in [0.4, 0.5) is 5.69 Å². The van der Waals surface area contributed by atoms with Crippen LogP contribution in [-0.2, 0) is 16.1 Å². The van der Waals surface area contributed by atoms with Crippen LogP contribution in [-0.4, -0.2) is 56.7 Å². The average Bonchev–Trinajstić information content (AvgIpc) is 2.81. The fraction of sp³-hybridized carbons (Fsp3) is 0.440. The third-order valence-electron chi connectivity index (χ3n) is 5.23. The highest BCUT2D eigenvalue weighted by atomic mass is 16.5. The van der Waals surface area contributed by atoms with Gasteiger partial charge in [0.1, 0.15) is 5.75 Å². The Kier molecular flexibility index (Phi) is 9.38. The van der Waals surface area contributed by atoms with Crippen molar-refractivity contribution in [3.8, 4) is 17.2 Å². The molecule has 0 fully saturated rings. The highest BCUT2D eigenvalue weighted by molar-refractivity contribution is 5.92. The molecule has 3 rings (SSSR count). The monoisotopic (exact) mass is 455 g/mol. The normalized spacial score (nSPS) is 15.5. The second kappa shape index (κ2) is 12.7. The van der Waals surface area contributed by atoms with Crippen LogP contribution < -0.4 is 24.8 Å². The van der Waals surface area contributed by atoms with E-state index in [2.05, 4.69) is 10.6 Å². The SMILES string of the molecule is CCOc1cccc2c1OCCCCCNC(=O)CN(CC(=O)Nc1cccc(OC)c1)C2. The van der Waals surface area contributed by atoms with Gasteiger partial charge < -0.3 is 24.8 Å². The van der Waals surface area contributed by atoms with E-state index >= 15 is 0 Å². The van der Waals surface area contributed by atoms with Gasteiger partial charge >= 0.3 is 0 Å². The first-order valence-electron chi connectivity index (χ1n) is 11.4.